The lowest BCUT2D eigenvalue weighted by Crippen LogP contribution is -2.22. The Kier molecular flexibility index (Phi) is 4.36. The molecule has 1 fully saturated rings. The molecule has 1 amide bonds. The molecule has 0 saturated carbocycles. The first-order chi connectivity index (χ1) is 10.0. The lowest BCUT2D eigenvalue weighted by atomic mass is 10.1. The monoisotopic (exact) mass is 357 g/mol. The summed E-state index contributed by atoms with van der Waals surface area (Å²) >= 11 is 19.3. The van der Waals surface area contributed by atoms with Crippen molar-refractivity contribution < 1.29 is 4.79 Å². The van der Waals surface area contributed by atoms with Crippen molar-refractivity contribution in [3.8, 4) is 0 Å². The fourth-order valence-corrected chi connectivity index (χ4v) is 4.06. The third kappa shape index (κ3) is 3.16. The Morgan fingerprint density at radius 1 is 1.00 bits per heavy atom. The Bertz CT molecular complexity index is 690. The molecule has 2 aromatic rings. The summed E-state index contributed by atoms with van der Waals surface area (Å²) in [5.74, 6) is 0. The van der Waals surface area contributed by atoms with Gasteiger partial charge in [-0.05, 0) is 42.0 Å². The molecule has 108 valence electrons. The molecule has 0 N–H and O–H groups in total. The van der Waals surface area contributed by atoms with E-state index in [1.807, 2.05) is 18.2 Å². The number of hydrogen-bond acceptors (Lipinski definition) is 2. The largest absolute Gasteiger partial charge is 0.302 e. The molecule has 2 nitrogen and oxygen atoms in total. The average molecular weight is 359 g/mol. The minimum atomic E-state index is -0.00190. The van der Waals surface area contributed by atoms with Crippen molar-refractivity contribution >= 4 is 57.5 Å². The first kappa shape index (κ1) is 15.0. The summed E-state index contributed by atoms with van der Waals surface area (Å²) in [6, 6.07) is 12.6. The Labute approximate surface area is 142 Å². The van der Waals surface area contributed by atoms with Crippen LogP contribution in [0.5, 0.6) is 0 Å². The first-order valence-corrected chi connectivity index (χ1v) is 8.24. The molecule has 0 aromatic heterocycles. The molecule has 21 heavy (non-hydrogen) atoms. The molecule has 0 aliphatic carbocycles. The molecular formula is C15H10Cl3NOS. The van der Waals surface area contributed by atoms with Gasteiger partial charge in [0, 0.05) is 27.3 Å². The van der Waals surface area contributed by atoms with E-state index >= 15 is 0 Å². The highest BCUT2D eigenvalue weighted by atomic mass is 35.5. The van der Waals surface area contributed by atoms with Gasteiger partial charge in [0.1, 0.15) is 0 Å². The van der Waals surface area contributed by atoms with Crippen LogP contribution in [0, 0.1) is 0 Å². The van der Waals surface area contributed by atoms with Crippen molar-refractivity contribution in [2.45, 2.75) is 5.25 Å². The molecular weight excluding hydrogens is 349 g/mol. The van der Waals surface area contributed by atoms with E-state index < -0.39 is 0 Å². The van der Waals surface area contributed by atoms with Crippen LogP contribution in [0.4, 0.5) is 10.5 Å². The van der Waals surface area contributed by atoms with E-state index in [9.17, 15) is 4.79 Å². The average Bonchev–Trinajstić information content (AvgIpc) is 2.81. The zero-order valence-corrected chi connectivity index (χ0v) is 13.8. The predicted octanol–water partition coefficient (Wildman–Crippen LogP) is 6.06. The van der Waals surface area contributed by atoms with Crippen LogP contribution in [-0.4, -0.2) is 11.8 Å². The van der Waals surface area contributed by atoms with Crippen molar-refractivity contribution in [3.05, 3.63) is 63.1 Å². The Balaban J connectivity index is 1.85. The smallest absolute Gasteiger partial charge is 0.286 e. The van der Waals surface area contributed by atoms with Gasteiger partial charge in [0.15, 0.2) is 0 Å². The predicted molar refractivity (Wildman–Crippen MR) is 91.0 cm³/mol. The highest BCUT2D eigenvalue weighted by molar-refractivity contribution is 8.14. The van der Waals surface area contributed by atoms with Crippen LogP contribution in [0.25, 0.3) is 0 Å². The molecule has 6 heteroatoms. The number of hydrogen-bond donors (Lipinski definition) is 0. The Morgan fingerprint density at radius 3 is 2.33 bits per heavy atom. The zero-order chi connectivity index (χ0) is 15.0. The summed E-state index contributed by atoms with van der Waals surface area (Å²) in [7, 11) is 0. The Morgan fingerprint density at radius 2 is 1.67 bits per heavy atom. The van der Waals surface area contributed by atoms with E-state index in [0.717, 1.165) is 11.3 Å². The van der Waals surface area contributed by atoms with E-state index in [0.29, 0.717) is 21.6 Å². The van der Waals surface area contributed by atoms with Crippen LogP contribution < -0.4 is 4.90 Å². The number of halogens is 3. The SMILES string of the molecule is O=C1S[C@@H](c2ccc(Cl)cc2Cl)CN1c1ccc(Cl)cc1. The van der Waals surface area contributed by atoms with Crippen LogP contribution in [0.2, 0.25) is 15.1 Å². The van der Waals surface area contributed by atoms with Gasteiger partial charge in [-0.1, -0.05) is 52.6 Å². The molecule has 0 radical (unpaired) electrons. The van der Waals surface area contributed by atoms with Crippen molar-refractivity contribution in [1.82, 2.24) is 0 Å². The van der Waals surface area contributed by atoms with Gasteiger partial charge in [0.2, 0.25) is 0 Å². The summed E-state index contributed by atoms with van der Waals surface area (Å²) in [5.41, 5.74) is 1.76. The van der Waals surface area contributed by atoms with Gasteiger partial charge in [0.25, 0.3) is 5.24 Å². The lowest BCUT2D eigenvalue weighted by molar-refractivity contribution is 0.266. The topological polar surface area (TPSA) is 20.3 Å². The maximum absolute atomic E-state index is 12.2. The van der Waals surface area contributed by atoms with Crippen LogP contribution in [0.1, 0.15) is 10.8 Å². The van der Waals surface area contributed by atoms with Crippen LogP contribution in [-0.2, 0) is 0 Å². The van der Waals surface area contributed by atoms with Gasteiger partial charge in [0.05, 0.1) is 5.25 Å². The number of rotatable bonds is 2. The van der Waals surface area contributed by atoms with E-state index in [2.05, 4.69) is 0 Å². The fourth-order valence-electron chi connectivity index (χ4n) is 2.22. The molecule has 0 bridgehead atoms. The minimum absolute atomic E-state index is 0.00190. The first-order valence-electron chi connectivity index (χ1n) is 6.23. The molecule has 1 heterocycles. The fraction of sp³-hybridized carbons (Fsp3) is 0.133. The molecule has 1 atom stereocenters. The number of amides is 1. The van der Waals surface area contributed by atoms with E-state index in [4.69, 9.17) is 34.8 Å². The quantitative estimate of drug-likeness (QED) is 0.650. The zero-order valence-electron chi connectivity index (χ0n) is 10.7. The van der Waals surface area contributed by atoms with Crippen LogP contribution in [0.3, 0.4) is 0 Å². The highest BCUT2D eigenvalue weighted by Crippen LogP contribution is 2.43. The molecule has 0 unspecified atom stereocenters. The van der Waals surface area contributed by atoms with E-state index in [1.165, 1.54) is 11.8 Å². The molecule has 1 aliphatic heterocycles. The molecule has 3 rings (SSSR count). The maximum atomic E-state index is 12.2. The van der Waals surface area contributed by atoms with Crippen LogP contribution >= 0.6 is 46.6 Å². The lowest BCUT2D eigenvalue weighted by Gasteiger charge is -2.16. The second kappa shape index (κ2) is 6.09. The minimum Gasteiger partial charge on any atom is -0.302 e. The van der Waals surface area contributed by atoms with Gasteiger partial charge in [-0.3, -0.25) is 4.79 Å². The normalized spacial score (nSPS) is 18.3. The summed E-state index contributed by atoms with van der Waals surface area (Å²) in [4.78, 5) is 13.9. The summed E-state index contributed by atoms with van der Waals surface area (Å²) < 4.78 is 0. The number of carbonyl (C=O) groups is 1. The van der Waals surface area contributed by atoms with Gasteiger partial charge in [-0.15, -0.1) is 0 Å². The highest BCUT2D eigenvalue weighted by Gasteiger charge is 2.33. The van der Waals surface area contributed by atoms with Gasteiger partial charge in [-0.25, -0.2) is 0 Å². The van der Waals surface area contributed by atoms with Crippen molar-refractivity contribution in [2.75, 3.05) is 11.4 Å². The second-order valence-electron chi connectivity index (χ2n) is 4.63. The van der Waals surface area contributed by atoms with E-state index in [1.54, 1.807) is 29.2 Å². The molecule has 2 aromatic carbocycles. The standard InChI is InChI=1S/C15H10Cl3NOS/c16-9-1-4-11(5-2-9)19-8-14(21-15(19)20)12-6-3-10(17)7-13(12)18/h1-7,14H,8H2/t14-/m1/s1. The summed E-state index contributed by atoms with van der Waals surface area (Å²) in [6.07, 6.45) is 0. The third-order valence-electron chi connectivity index (χ3n) is 3.26. The van der Waals surface area contributed by atoms with E-state index in [-0.39, 0.29) is 10.5 Å². The van der Waals surface area contributed by atoms with Gasteiger partial charge >= 0.3 is 0 Å². The second-order valence-corrected chi connectivity index (χ2v) is 7.06. The third-order valence-corrected chi connectivity index (χ3v) is 5.18. The van der Waals surface area contributed by atoms with Gasteiger partial charge in [-0.2, -0.15) is 0 Å². The maximum Gasteiger partial charge on any atom is 0.286 e. The van der Waals surface area contributed by atoms with Crippen molar-refractivity contribution in [1.29, 1.82) is 0 Å². The number of carbonyl (C=O) groups excluding carboxylic acids is 1. The molecule has 1 aliphatic rings. The number of anilines is 1. The number of benzene rings is 2. The summed E-state index contributed by atoms with van der Waals surface area (Å²) in [5, 5.41) is 1.83. The van der Waals surface area contributed by atoms with Crippen LogP contribution in [0.15, 0.2) is 42.5 Å². The van der Waals surface area contributed by atoms with Crippen molar-refractivity contribution in [3.63, 3.8) is 0 Å². The number of nitrogens with zero attached hydrogens (tertiary/aromatic N) is 1. The number of thioether (sulfide) groups is 1. The molecule has 0 spiro atoms. The van der Waals surface area contributed by atoms with Crippen molar-refractivity contribution in [2.24, 2.45) is 0 Å². The molecule has 1 saturated heterocycles. The van der Waals surface area contributed by atoms with Gasteiger partial charge < -0.3 is 4.90 Å². The Hall–Kier alpha value is -0.870. The summed E-state index contributed by atoms with van der Waals surface area (Å²) in [6.45, 7) is 0.576.